The summed E-state index contributed by atoms with van der Waals surface area (Å²) in [4.78, 5) is 14.5. The molecule has 0 amide bonds. The Kier molecular flexibility index (Phi) is 3.83. The number of nitrogens with zero attached hydrogens (tertiary/aromatic N) is 1. The van der Waals surface area contributed by atoms with Crippen molar-refractivity contribution in [2.45, 2.75) is 20.3 Å². The molecule has 0 bridgehead atoms. The van der Waals surface area contributed by atoms with Crippen LogP contribution in [-0.4, -0.2) is 16.1 Å². The summed E-state index contributed by atoms with van der Waals surface area (Å²) in [5.74, 6) is -0.360. The lowest BCUT2D eigenvalue weighted by Gasteiger charge is -1.97. The fraction of sp³-hybridized carbons (Fsp3) is 0.400. The van der Waals surface area contributed by atoms with Crippen molar-refractivity contribution in [1.29, 1.82) is 0 Å². The van der Waals surface area contributed by atoms with Crippen LogP contribution in [0.1, 0.15) is 24.5 Å². The van der Waals surface area contributed by atoms with Gasteiger partial charge in [0.2, 0.25) is 0 Å². The van der Waals surface area contributed by atoms with E-state index in [4.69, 9.17) is 5.11 Å². The van der Waals surface area contributed by atoms with Crippen molar-refractivity contribution in [3.63, 3.8) is 0 Å². The molecule has 1 heterocycles. The number of carbonyl (C=O) groups is 1. The van der Waals surface area contributed by atoms with Crippen LogP contribution in [0.5, 0.6) is 0 Å². The minimum Gasteiger partial charge on any atom is -0.478 e. The molecule has 14 heavy (non-hydrogen) atoms. The third-order valence-corrected chi connectivity index (χ3v) is 2.44. The smallest absolute Gasteiger partial charge is 0.328 e. The SMILES string of the molecule is CC(C)Cc1nc(/C=C/C(=O)O)cs1. The molecule has 4 heteroatoms. The lowest BCUT2D eigenvalue weighted by atomic mass is 10.1. The second-order valence-corrected chi connectivity index (χ2v) is 4.38. The summed E-state index contributed by atoms with van der Waals surface area (Å²) in [5, 5.41) is 11.3. The first-order valence-electron chi connectivity index (χ1n) is 4.43. The lowest BCUT2D eigenvalue weighted by Crippen LogP contribution is -1.92. The Morgan fingerprint density at radius 1 is 1.71 bits per heavy atom. The number of carboxylic acids is 1. The lowest BCUT2D eigenvalue weighted by molar-refractivity contribution is -0.131. The van der Waals surface area contributed by atoms with E-state index >= 15 is 0 Å². The monoisotopic (exact) mass is 211 g/mol. The van der Waals surface area contributed by atoms with E-state index < -0.39 is 5.97 Å². The van der Waals surface area contributed by atoms with E-state index in [0.29, 0.717) is 5.92 Å². The molecular formula is C10H13NO2S. The molecule has 0 atom stereocenters. The fourth-order valence-corrected chi connectivity index (χ4v) is 1.98. The molecule has 0 aliphatic rings. The van der Waals surface area contributed by atoms with Crippen molar-refractivity contribution in [3.05, 3.63) is 22.2 Å². The summed E-state index contributed by atoms with van der Waals surface area (Å²) in [6.45, 7) is 4.27. The van der Waals surface area contributed by atoms with Gasteiger partial charge in [-0.25, -0.2) is 9.78 Å². The van der Waals surface area contributed by atoms with Crippen LogP contribution in [-0.2, 0) is 11.2 Å². The summed E-state index contributed by atoms with van der Waals surface area (Å²) >= 11 is 1.57. The minimum absolute atomic E-state index is 0.581. The van der Waals surface area contributed by atoms with E-state index in [9.17, 15) is 4.79 Å². The van der Waals surface area contributed by atoms with Gasteiger partial charge in [0.15, 0.2) is 0 Å². The van der Waals surface area contributed by atoms with Crippen LogP contribution in [0.3, 0.4) is 0 Å². The third-order valence-electron chi connectivity index (χ3n) is 1.55. The van der Waals surface area contributed by atoms with Gasteiger partial charge in [-0.15, -0.1) is 11.3 Å². The van der Waals surface area contributed by atoms with Gasteiger partial charge in [0.05, 0.1) is 10.7 Å². The maximum absolute atomic E-state index is 10.2. The number of hydrogen-bond acceptors (Lipinski definition) is 3. The zero-order chi connectivity index (χ0) is 10.6. The van der Waals surface area contributed by atoms with Gasteiger partial charge >= 0.3 is 5.97 Å². The van der Waals surface area contributed by atoms with E-state index in [1.807, 2.05) is 5.38 Å². The van der Waals surface area contributed by atoms with Gasteiger partial charge in [0.1, 0.15) is 0 Å². The quantitative estimate of drug-likeness (QED) is 0.778. The van der Waals surface area contributed by atoms with Crippen LogP contribution < -0.4 is 0 Å². The van der Waals surface area contributed by atoms with Gasteiger partial charge in [0.25, 0.3) is 0 Å². The van der Waals surface area contributed by atoms with Gasteiger partial charge < -0.3 is 5.11 Å². The maximum atomic E-state index is 10.2. The highest BCUT2D eigenvalue weighted by atomic mass is 32.1. The predicted molar refractivity (Wildman–Crippen MR) is 57.3 cm³/mol. The minimum atomic E-state index is -0.941. The highest BCUT2D eigenvalue weighted by molar-refractivity contribution is 7.09. The molecule has 1 aromatic heterocycles. The molecular weight excluding hydrogens is 198 g/mol. The second kappa shape index (κ2) is 4.91. The molecule has 0 fully saturated rings. The first-order chi connectivity index (χ1) is 6.58. The average Bonchev–Trinajstić information content (AvgIpc) is 2.47. The summed E-state index contributed by atoms with van der Waals surface area (Å²) in [6.07, 6.45) is 3.57. The highest BCUT2D eigenvalue weighted by Crippen LogP contribution is 2.14. The van der Waals surface area contributed by atoms with Crippen LogP contribution in [0.15, 0.2) is 11.5 Å². The number of carboxylic acid groups (broad SMARTS) is 1. The molecule has 0 saturated carbocycles. The second-order valence-electron chi connectivity index (χ2n) is 3.44. The van der Waals surface area contributed by atoms with E-state index in [-0.39, 0.29) is 0 Å². The van der Waals surface area contributed by atoms with Crippen LogP contribution >= 0.6 is 11.3 Å². The van der Waals surface area contributed by atoms with Gasteiger partial charge in [-0.1, -0.05) is 13.8 Å². The van der Waals surface area contributed by atoms with E-state index in [1.165, 1.54) is 6.08 Å². The Morgan fingerprint density at radius 2 is 2.43 bits per heavy atom. The molecule has 0 aliphatic heterocycles. The number of rotatable bonds is 4. The summed E-state index contributed by atoms with van der Waals surface area (Å²) in [5.41, 5.74) is 0.730. The van der Waals surface area contributed by atoms with E-state index in [1.54, 1.807) is 11.3 Å². The Hall–Kier alpha value is -1.16. The average molecular weight is 211 g/mol. The van der Waals surface area contributed by atoms with Gasteiger partial charge in [-0.2, -0.15) is 0 Å². The molecule has 1 aromatic rings. The summed E-state index contributed by atoms with van der Waals surface area (Å²) in [6, 6.07) is 0. The summed E-state index contributed by atoms with van der Waals surface area (Å²) < 4.78 is 0. The van der Waals surface area contributed by atoms with Crippen molar-refractivity contribution < 1.29 is 9.90 Å². The van der Waals surface area contributed by atoms with Crippen molar-refractivity contribution >= 4 is 23.4 Å². The Balaban J connectivity index is 2.63. The van der Waals surface area contributed by atoms with Gasteiger partial charge in [-0.05, 0) is 12.0 Å². The number of aliphatic carboxylic acids is 1. The Bertz CT molecular complexity index is 342. The normalized spacial score (nSPS) is 11.4. The zero-order valence-electron chi connectivity index (χ0n) is 8.23. The molecule has 0 saturated heterocycles. The Morgan fingerprint density at radius 3 is 3.00 bits per heavy atom. The van der Waals surface area contributed by atoms with Gasteiger partial charge in [-0.3, -0.25) is 0 Å². The highest BCUT2D eigenvalue weighted by Gasteiger charge is 2.02. The van der Waals surface area contributed by atoms with Crippen molar-refractivity contribution in [3.8, 4) is 0 Å². The molecule has 0 aliphatic carbocycles. The van der Waals surface area contributed by atoms with Crippen molar-refractivity contribution in [2.24, 2.45) is 5.92 Å². The maximum Gasteiger partial charge on any atom is 0.328 e. The standard InChI is InChI=1S/C10H13NO2S/c1-7(2)5-9-11-8(6-14-9)3-4-10(12)13/h3-4,6-7H,5H2,1-2H3,(H,12,13)/b4-3+. The topological polar surface area (TPSA) is 50.2 Å². The van der Waals surface area contributed by atoms with Crippen LogP contribution in [0.25, 0.3) is 6.08 Å². The first-order valence-corrected chi connectivity index (χ1v) is 5.31. The molecule has 1 rings (SSSR count). The molecule has 3 nitrogen and oxygen atoms in total. The van der Waals surface area contributed by atoms with Crippen LogP contribution in [0, 0.1) is 5.92 Å². The number of thiazole rings is 1. The fourth-order valence-electron chi connectivity index (χ4n) is 1.00. The van der Waals surface area contributed by atoms with Crippen LogP contribution in [0.4, 0.5) is 0 Å². The molecule has 0 spiro atoms. The molecule has 0 radical (unpaired) electrons. The van der Waals surface area contributed by atoms with Crippen LogP contribution in [0.2, 0.25) is 0 Å². The molecule has 76 valence electrons. The summed E-state index contributed by atoms with van der Waals surface area (Å²) in [7, 11) is 0. The number of hydrogen-bond donors (Lipinski definition) is 1. The Labute approximate surface area is 87.1 Å². The first kappa shape index (κ1) is 10.9. The molecule has 1 N–H and O–H groups in total. The zero-order valence-corrected chi connectivity index (χ0v) is 9.04. The third kappa shape index (κ3) is 3.70. The molecule has 0 unspecified atom stereocenters. The van der Waals surface area contributed by atoms with E-state index in [2.05, 4.69) is 18.8 Å². The van der Waals surface area contributed by atoms with Crippen molar-refractivity contribution in [1.82, 2.24) is 4.98 Å². The van der Waals surface area contributed by atoms with Gasteiger partial charge in [0, 0.05) is 17.9 Å². The number of aromatic nitrogens is 1. The largest absolute Gasteiger partial charge is 0.478 e. The molecule has 0 aromatic carbocycles. The predicted octanol–water partition coefficient (Wildman–Crippen LogP) is 2.44. The van der Waals surface area contributed by atoms with Crippen molar-refractivity contribution in [2.75, 3.05) is 0 Å². The van der Waals surface area contributed by atoms with E-state index in [0.717, 1.165) is 23.2 Å².